The minimum absolute atomic E-state index is 0.0781. The van der Waals surface area contributed by atoms with E-state index in [0.717, 1.165) is 4.88 Å². The lowest BCUT2D eigenvalue weighted by atomic mass is 10.2. The van der Waals surface area contributed by atoms with Gasteiger partial charge in [0.15, 0.2) is 5.69 Å². The number of carbonyl (C=O) groups excluding carboxylic acids is 1. The van der Waals surface area contributed by atoms with Gasteiger partial charge >= 0.3 is 0 Å². The summed E-state index contributed by atoms with van der Waals surface area (Å²) in [6.45, 7) is 2.90. The minimum Gasteiger partial charge on any atom is -0.335 e. The number of rotatable bonds is 4. The number of hydrogen-bond acceptors (Lipinski definition) is 4. The maximum atomic E-state index is 12.7. The zero-order valence-electron chi connectivity index (χ0n) is 13.3. The molecule has 0 bridgehead atoms. The Morgan fingerprint density at radius 3 is 2.83 bits per heavy atom. The Kier molecular flexibility index (Phi) is 4.69. The topological polar surface area (TPSA) is 55.2 Å². The third kappa shape index (κ3) is 3.07. The van der Waals surface area contributed by atoms with Crippen LogP contribution in [0.3, 0.4) is 0 Å². The van der Waals surface area contributed by atoms with Crippen LogP contribution in [0.4, 0.5) is 0 Å². The Hall–Kier alpha value is -2.18. The fourth-order valence-electron chi connectivity index (χ4n) is 2.53. The molecule has 0 saturated heterocycles. The van der Waals surface area contributed by atoms with E-state index < -0.39 is 5.91 Å². The van der Waals surface area contributed by atoms with E-state index in [4.69, 9.17) is 11.6 Å². The number of aromatic nitrogens is 2. The number of hydrogen-bond donors (Lipinski definition) is 0. The van der Waals surface area contributed by atoms with Crippen molar-refractivity contribution in [1.82, 2.24) is 14.7 Å². The number of aryl methyl sites for hydroxylation is 1. The van der Waals surface area contributed by atoms with Crippen molar-refractivity contribution in [3.8, 4) is 0 Å². The van der Waals surface area contributed by atoms with Crippen molar-refractivity contribution in [3.05, 3.63) is 61.5 Å². The predicted molar refractivity (Wildman–Crippen MR) is 96.8 cm³/mol. The van der Waals surface area contributed by atoms with Crippen LogP contribution in [-0.2, 0) is 13.1 Å². The highest BCUT2D eigenvalue weighted by Gasteiger charge is 2.21. The molecule has 7 heteroatoms. The summed E-state index contributed by atoms with van der Waals surface area (Å²) in [7, 11) is 1.67. The summed E-state index contributed by atoms with van der Waals surface area (Å²) in [5.74, 6) is -0.391. The van der Waals surface area contributed by atoms with E-state index in [0.29, 0.717) is 29.0 Å². The molecular weight excluding hydrogens is 346 g/mol. The second-order valence-electron chi connectivity index (χ2n) is 5.40. The Morgan fingerprint density at radius 1 is 1.38 bits per heavy atom. The van der Waals surface area contributed by atoms with Crippen LogP contribution in [0.1, 0.15) is 22.3 Å². The molecule has 1 amide bonds. The molecule has 0 atom stereocenters. The van der Waals surface area contributed by atoms with Gasteiger partial charge in [-0.15, -0.1) is 11.3 Å². The normalized spacial score (nSPS) is 11.0. The second-order valence-corrected chi connectivity index (χ2v) is 6.86. The lowest BCUT2D eigenvalue weighted by Gasteiger charge is -2.17. The highest BCUT2D eigenvalue weighted by Crippen LogP contribution is 2.17. The Labute approximate surface area is 148 Å². The van der Waals surface area contributed by atoms with E-state index in [2.05, 4.69) is 5.10 Å². The molecular formula is C17H16ClN3O2S. The Bertz CT molecular complexity index is 950. The van der Waals surface area contributed by atoms with Crippen LogP contribution in [0, 0.1) is 0 Å². The highest BCUT2D eigenvalue weighted by atomic mass is 35.5. The van der Waals surface area contributed by atoms with Gasteiger partial charge in [0.05, 0.1) is 17.4 Å². The lowest BCUT2D eigenvalue weighted by molar-refractivity contribution is 0.0777. The first-order valence-electron chi connectivity index (χ1n) is 7.49. The summed E-state index contributed by atoms with van der Waals surface area (Å²) in [5, 5.41) is 7.09. The van der Waals surface area contributed by atoms with Crippen LogP contribution in [-0.4, -0.2) is 27.6 Å². The van der Waals surface area contributed by atoms with Gasteiger partial charge in [0.25, 0.3) is 5.91 Å². The molecule has 0 aliphatic rings. The molecule has 0 N–H and O–H groups in total. The van der Waals surface area contributed by atoms with Gasteiger partial charge in [0, 0.05) is 23.5 Å². The molecule has 0 radical (unpaired) electrons. The van der Waals surface area contributed by atoms with Gasteiger partial charge in [-0.25, -0.2) is 0 Å². The monoisotopic (exact) mass is 361 g/mol. The molecule has 0 spiro atoms. The first-order valence-corrected chi connectivity index (χ1v) is 8.75. The molecule has 0 aliphatic carbocycles. The SMILES string of the molecule is CCn1nc(C(=O)N(C)Cc2cccs2)c(=O)c2cc(Cl)ccc21. The third-order valence-electron chi connectivity index (χ3n) is 3.74. The summed E-state index contributed by atoms with van der Waals surface area (Å²) in [5.41, 5.74) is 0.204. The van der Waals surface area contributed by atoms with E-state index >= 15 is 0 Å². The Balaban J connectivity index is 2.06. The molecule has 2 aromatic heterocycles. The molecule has 5 nitrogen and oxygen atoms in total. The van der Waals surface area contributed by atoms with Crippen LogP contribution in [0.25, 0.3) is 10.9 Å². The molecule has 0 unspecified atom stereocenters. The number of benzene rings is 1. The first kappa shape index (κ1) is 16.7. The summed E-state index contributed by atoms with van der Waals surface area (Å²) in [4.78, 5) is 28.0. The van der Waals surface area contributed by atoms with Gasteiger partial charge in [-0.05, 0) is 36.6 Å². The fraction of sp³-hybridized carbons (Fsp3) is 0.235. The van der Waals surface area contributed by atoms with Crippen molar-refractivity contribution < 1.29 is 4.79 Å². The number of nitrogens with zero attached hydrogens (tertiary/aromatic N) is 3. The standard InChI is InChI=1S/C17H16ClN3O2S/c1-3-21-14-7-6-11(18)9-13(14)16(22)15(19-21)17(23)20(2)10-12-5-4-8-24-12/h4-9H,3,10H2,1-2H3. The van der Waals surface area contributed by atoms with Gasteiger partial charge in [-0.3, -0.25) is 14.3 Å². The van der Waals surface area contributed by atoms with Crippen molar-refractivity contribution in [2.75, 3.05) is 7.05 Å². The van der Waals surface area contributed by atoms with Crippen LogP contribution < -0.4 is 5.43 Å². The number of thiophene rings is 1. The smallest absolute Gasteiger partial charge is 0.278 e. The predicted octanol–water partition coefficient (Wildman–Crippen LogP) is 3.40. The number of amides is 1. The van der Waals surface area contributed by atoms with Gasteiger partial charge in [0.1, 0.15) is 0 Å². The third-order valence-corrected chi connectivity index (χ3v) is 4.84. The highest BCUT2D eigenvalue weighted by molar-refractivity contribution is 7.09. The van der Waals surface area contributed by atoms with Crippen molar-refractivity contribution in [1.29, 1.82) is 0 Å². The van der Waals surface area contributed by atoms with Crippen molar-refractivity contribution in [2.24, 2.45) is 0 Å². The summed E-state index contributed by atoms with van der Waals surface area (Å²) >= 11 is 7.58. The van der Waals surface area contributed by atoms with Crippen LogP contribution in [0.2, 0.25) is 5.02 Å². The summed E-state index contributed by atoms with van der Waals surface area (Å²) in [6.07, 6.45) is 0. The second kappa shape index (κ2) is 6.75. The minimum atomic E-state index is -0.391. The zero-order valence-corrected chi connectivity index (χ0v) is 14.9. The molecule has 2 heterocycles. The maximum absolute atomic E-state index is 12.7. The quantitative estimate of drug-likeness (QED) is 0.715. The molecule has 24 heavy (non-hydrogen) atoms. The molecule has 0 saturated carbocycles. The molecule has 0 aliphatic heterocycles. The van der Waals surface area contributed by atoms with E-state index in [9.17, 15) is 9.59 Å². The molecule has 1 aromatic carbocycles. The Morgan fingerprint density at radius 2 is 2.17 bits per heavy atom. The van der Waals surface area contributed by atoms with Gasteiger partial charge in [-0.2, -0.15) is 5.10 Å². The molecule has 3 rings (SSSR count). The van der Waals surface area contributed by atoms with E-state index in [1.54, 1.807) is 41.3 Å². The average molecular weight is 362 g/mol. The molecule has 0 fully saturated rings. The van der Waals surface area contributed by atoms with Gasteiger partial charge in [0.2, 0.25) is 5.43 Å². The van der Waals surface area contributed by atoms with Gasteiger partial charge < -0.3 is 4.90 Å². The van der Waals surface area contributed by atoms with E-state index in [-0.39, 0.29) is 11.1 Å². The number of halogens is 1. The average Bonchev–Trinajstić information content (AvgIpc) is 3.08. The van der Waals surface area contributed by atoms with Crippen LogP contribution in [0.15, 0.2) is 40.5 Å². The molecule has 3 aromatic rings. The van der Waals surface area contributed by atoms with E-state index in [1.807, 2.05) is 24.4 Å². The maximum Gasteiger partial charge on any atom is 0.278 e. The van der Waals surface area contributed by atoms with Gasteiger partial charge in [-0.1, -0.05) is 17.7 Å². The summed E-state index contributed by atoms with van der Waals surface area (Å²) in [6, 6.07) is 8.93. The summed E-state index contributed by atoms with van der Waals surface area (Å²) < 4.78 is 1.65. The molecule has 124 valence electrons. The van der Waals surface area contributed by atoms with Crippen LogP contribution in [0.5, 0.6) is 0 Å². The van der Waals surface area contributed by atoms with Crippen molar-refractivity contribution >= 4 is 39.7 Å². The zero-order chi connectivity index (χ0) is 17.3. The lowest BCUT2D eigenvalue weighted by Crippen LogP contribution is -2.33. The number of fused-ring (bicyclic) bond motifs is 1. The van der Waals surface area contributed by atoms with E-state index in [1.165, 1.54) is 4.90 Å². The van der Waals surface area contributed by atoms with Crippen molar-refractivity contribution in [3.63, 3.8) is 0 Å². The fourth-order valence-corrected chi connectivity index (χ4v) is 3.46. The first-order chi connectivity index (χ1) is 11.5. The van der Waals surface area contributed by atoms with Crippen LogP contribution >= 0.6 is 22.9 Å². The van der Waals surface area contributed by atoms with Crippen molar-refractivity contribution in [2.45, 2.75) is 20.0 Å². The number of carbonyl (C=O) groups is 1. The largest absolute Gasteiger partial charge is 0.335 e.